The summed E-state index contributed by atoms with van der Waals surface area (Å²) in [5.74, 6) is 0.485. The Labute approximate surface area is 125 Å². The summed E-state index contributed by atoms with van der Waals surface area (Å²) in [4.78, 5) is 11.8. The zero-order valence-electron chi connectivity index (χ0n) is 12.6. The second kappa shape index (κ2) is 6.93. The molecule has 2 aromatic rings. The van der Waals surface area contributed by atoms with Crippen LogP contribution in [0.25, 0.3) is 0 Å². The summed E-state index contributed by atoms with van der Waals surface area (Å²) in [6, 6.07) is 16.0. The maximum atomic E-state index is 11.8. The van der Waals surface area contributed by atoms with Crippen molar-refractivity contribution in [2.75, 3.05) is 14.2 Å². The Bertz CT molecular complexity index is 605. The SMILES string of the molecule is COC(=O)C[C@@H](c1ccccc1)c1cc(C)ccc1OC. The molecule has 1 atom stereocenters. The first-order valence-electron chi connectivity index (χ1n) is 6.92. The number of carbonyl (C=O) groups excluding carboxylic acids is 1. The summed E-state index contributed by atoms with van der Waals surface area (Å²) in [7, 11) is 3.06. The number of aryl methyl sites for hydroxylation is 1. The molecule has 0 saturated heterocycles. The summed E-state index contributed by atoms with van der Waals surface area (Å²) in [5, 5.41) is 0. The topological polar surface area (TPSA) is 35.5 Å². The molecule has 0 saturated carbocycles. The van der Waals surface area contributed by atoms with E-state index in [1.165, 1.54) is 7.11 Å². The van der Waals surface area contributed by atoms with Gasteiger partial charge in [-0.05, 0) is 18.6 Å². The van der Waals surface area contributed by atoms with Gasteiger partial charge in [0, 0.05) is 11.5 Å². The highest BCUT2D eigenvalue weighted by molar-refractivity contribution is 5.71. The summed E-state index contributed by atoms with van der Waals surface area (Å²) >= 11 is 0. The Hall–Kier alpha value is -2.29. The van der Waals surface area contributed by atoms with E-state index in [1.807, 2.05) is 49.4 Å². The predicted molar refractivity (Wildman–Crippen MR) is 82.6 cm³/mol. The molecular weight excluding hydrogens is 264 g/mol. The van der Waals surface area contributed by atoms with Crippen molar-refractivity contribution in [1.29, 1.82) is 0 Å². The maximum Gasteiger partial charge on any atom is 0.306 e. The fourth-order valence-corrected chi connectivity index (χ4v) is 2.47. The fraction of sp³-hybridized carbons (Fsp3) is 0.278. The van der Waals surface area contributed by atoms with Gasteiger partial charge in [-0.25, -0.2) is 0 Å². The van der Waals surface area contributed by atoms with Crippen molar-refractivity contribution in [2.45, 2.75) is 19.3 Å². The summed E-state index contributed by atoms with van der Waals surface area (Å²) in [6.07, 6.45) is 0.292. The summed E-state index contributed by atoms with van der Waals surface area (Å²) in [5.41, 5.74) is 3.22. The third kappa shape index (κ3) is 3.63. The Morgan fingerprint density at radius 3 is 2.43 bits per heavy atom. The van der Waals surface area contributed by atoms with Gasteiger partial charge < -0.3 is 9.47 Å². The van der Waals surface area contributed by atoms with E-state index in [1.54, 1.807) is 7.11 Å². The molecule has 0 radical (unpaired) electrons. The Morgan fingerprint density at radius 2 is 1.81 bits per heavy atom. The normalized spacial score (nSPS) is 11.8. The van der Waals surface area contributed by atoms with Gasteiger partial charge >= 0.3 is 5.97 Å². The van der Waals surface area contributed by atoms with Crippen molar-refractivity contribution in [3.63, 3.8) is 0 Å². The number of ether oxygens (including phenoxy) is 2. The first-order valence-corrected chi connectivity index (χ1v) is 6.92. The van der Waals surface area contributed by atoms with Crippen LogP contribution in [0, 0.1) is 6.92 Å². The average Bonchev–Trinajstić information content (AvgIpc) is 2.53. The molecule has 0 amide bonds. The van der Waals surface area contributed by atoms with Crippen LogP contribution < -0.4 is 4.74 Å². The van der Waals surface area contributed by atoms with Crippen molar-refractivity contribution in [2.24, 2.45) is 0 Å². The number of hydrogen-bond acceptors (Lipinski definition) is 3. The van der Waals surface area contributed by atoms with Gasteiger partial charge in [0.05, 0.1) is 20.6 Å². The van der Waals surface area contributed by atoms with E-state index in [2.05, 4.69) is 6.07 Å². The van der Waals surface area contributed by atoms with Gasteiger partial charge in [-0.3, -0.25) is 4.79 Å². The highest BCUT2D eigenvalue weighted by atomic mass is 16.5. The lowest BCUT2D eigenvalue weighted by Crippen LogP contribution is -2.11. The molecule has 0 aromatic heterocycles. The summed E-state index contributed by atoms with van der Waals surface area (Å²) in [6.45, 7) is 2.03. The zero-order chi connectivity index (χ0) is 15.2. The van der Waals surface area contributed by atoms with Crippen LogP contribution in [-0.2, 0) is 9.53 Å². The number of esters is 1. The minimum Gasteiger partial charge on any atom is -0.496 e. The third-order valence-corrected chi connectivity index (χ3v) is 3.56. The van der Waals surface area contributed by atoms with Gasteiger partial charge in [0.15, 0.2) is 0 Å². The molecule has 0 bridgehead atoms. The molecule has 0 fully saturated rings. The van der Waals surface area contributed by atoms with Crippen LogP contribution in [0.2, 0.25) is 0 Å². The first-order chi connectivity index (χ1) is 10.2. The van der Waals surface area contributed by atoms with E-state index in [9.17, 15) is 4.79 Å². The molecule has 0 aliphatic carbocycles. The molecule has 2 rings (SSSR count). The van der Waals surface area contributed by atoms with Gasteiger partial charge in [0.25, 0.3) is 0 Å². The van der Waals surface area contributed by atoms with Crippen LogP contribution in [0.5, 0.6) is 5.75 Å². The molecule has 3 heteroatoms. The van der Waals surface area contributed by atoms with Crippen LogP contribution in [0.3, 0.4) is 0 Å². The largest absolute Gasteiger partial charge is 0.496 e. The molecule has 21 heavy (non-hydrogen) atoms. The molecule has 2 aromatic carbocycles. The number of methoxy groups -OCH3 is 2. The van der Waals surface area contributed by atoms with Crippen molar-refractivity contribution in [3.8, 4) is 5.75 Å². The van der Waals surface area contributed by atoms with Gasteiger partial charge in [0.2, 0.25) is 0 Å². The summed E-state index contributed by atoms with van der Waals surface area (Å²) < 4.78 is 10.3. The Morgan fingerprint density at radius 1 is 1.10 bits per heavy atom. The van der Waals surface area contributed by atoms with E-state index in [-0.39, 0.29) is 11.9 Å². The molecule has 0 aliphatic heterocycles. The lowest BCUT2D eigenvalue weighted by molar-refractivity contribution is -0.140. The molecule has 3 nitrogen and oxygen atoms in total. The fourth-order valence-electron chi connectivity index (χ4n) is 2.47. The van der Waals surface area contributed by atoms with E-state index in [4.69, 9.17) is 9.47 Å². The molecule has 110 valence electrons. The standard InChI is InChI=1S/C18H20O3/c1-13-9-10-17(20-2)16(11-13)15(12-18(19)21-3)14-7-5-4-6-8-14/h4-11,15H,12H2,1-3H3/t15-/m0/s1. The predicted octanol–water partition coefficient (Wildman–Crippen LogP) is 3.70. The van der Waals surface area contributed by atoms with Gasteiger partial charge in [-0.2, -0.15) is 0 Å². The Balaban J connectivity index is 2.49. The quantitative estimate of drug-likeness (QED) is 0.785. The van der Waals surface area contributed by atoms with Gasteiger partial charge in [-0.15, -0.1) is 0 Å². The lowest BCUT2D eigenvalue weighted by Gasteiger charge is -2.20. The van der Waals surface area contributed by atoms with Crippen LogP contribution in [-0.4, -0.2) is 20.2 Å². The number of benzene rings is 2. The van der Waals surface area contributed by atoms with Crippen LogP contribution >= 0.6 is 0 Å². The second-order valence-corrected chi connectivity index (χ2v) is 4.99. The van der Waals surface area contributed by atoms with Gasteiger partial charge in [-0.1, -0.05) is 48.0 Å². The van der Waals surface area contributed by atoms with E-state index < -0.39 is 0 Å². The highest BCUT2D eigenvalue weighted by Gasteiger charge is 2.22. The molecule has 0 N–H and O–H groups in total. The van der Waals surface area contributed by atoms with Crippen molar-refractivity contribution < 1.29 is 14.3 Å². The number of carbonyl (C=O) groups is 1. The molecule has 0 spiro atoms. The van der Waals surface area contributed by atoms with E-state index in [0.717, 1.165) is 22.4 Å². The molecule has 0 heterocycles. The van der Waals surface area contributed by atoms with E-state index in [0.29, 0.717) is 6.42 Å². The third-order valence-electron chi connectivity index (χ3n) is 3.56. The number of rotatable bonds is 5. The first kappa shape index (κ1) is 15.1. The molecule has 0 aliphatic rings. The van der Waals surface area contributed by atoms with Crippen molar-refractivity contribution >= 4 is 5.97 Å². The van der Waals surface area contributed by atoms with Crippen molar-refractivity contribution in [1.82, 2.24) is 0 Å². The smallest absolute Gasteiger partial charge is 0.306 e. The highest BCUT2D eigenvalue weighted by Crippen LogP contribution is 2.35. The monoisotopic (exact) mass is 284 g/mol. The van der Waals surface area contributed by atoms with Crippen molar-refractivity contribution in [3.05, 3.63) is 65.2 Å². The molecule has 0 unspecified atom stereocenters. The minimum atomic E-state index is -0.229. The van der Waals surface area contributed by atoms with Crippen LogP contribution in [0.15, 0.2) is 48.5 Å². The maximum absolute atomic E-state index is 11.8. The van der Waals surface area contributed by atoms with E-state index >= 15 is 0 Å². The van der Waals surface area contributed by atoms with Crippen LogP contribution in [0.4, 0.5) is 0 Å². The Kier molecular flexibility index (Phi) is 4.99. The second-order valence-electron chi connectivity index (χ2n) is 4.99. The minimum absolute atomic E-state index is 0.0755. The molecular formula is C18H20O3. The van der Waals surface area contributed by atoms with Gasteiger partial charge in [0.1, 0.15) is 5.75 Å². The van der Waals surface area contributed by atoms with Crippen LogP contribution in [0.1, 0.15) is 29.0 Å². The zero-order valence-corrected chi connectivity index (χ0v) is 12.6. The number of hydrogen-bond donors (Lipinski definition) is 0. The lowest BCUT2D eigenvalue weighted by atomic mass is 9.87. The average molecular weight is 284 g/mol.